The number of carboxylic acids is 2. The van der Waals surface area contributed by atoms with Gasteiger partial charge >= 0.3 is 23.9 Å². The average Bonchev–Trinajstić information content (AvgIpc) is 2.24. The zero-order chi connectivity index (χ0) is 15.1. The minimum absolute atomic E-state index is 0.210. The van der Waals surface area contributed by atoms with E-state index in [2.05, 4.69) is 9.47 Å². The molecule has 0 radical (unpaired) electrons. The van der Waals surface area contributed by atoms with E-state index in [1.54, 1.807) is 6.92 Å². The van der Waals surface area contributed by atoms with E-state index in [-0.39, 0.29) is 6.61 Å². The predicted molar refractivity (Wildman–Crippen MR) is 57.0 cm³/mol. The first-order valence-corrected chi connectivity index (χ1v) is 5.20. The molecule has 9 heteroatoms. The Morgan fingerprint density at radius 3 is 2.05 bits per heavy atom. The molecule has 0 aromatic carbocycles. The number of hydrogen-bond donors (Lipinski definition) is 3. The molecule has 9 nitrogen and oxygen atoms in total. The highest BCUT2D eigenvalue weighted by molar-refractivity contribution is 5.92. The van der Waals surface area contributed by atoms with E-state index in [4.69, 9.17) is 10.2 Å². The largest absolute Gasteiger partial charge is 0.481 e. The van der Waals surface area contributed by atoms with Gasteiger partial charge in [0.25, 0.3) is 0 Å². The fraction of sp³-hybridized carbons (Fsp3) is 0.600. The van der Waals surface area contributed by atoms with Crippen LogP contribution in [0, 0.1) is 0 Å². The molecule has 0 saturated carbocycles. The van der Waals surface area contributed by atoms with Gasteiger partial charge < -0.3 is 24.8 Å². The highest BCUT2D eigenvalue weighted by Gasteiger charge is 2.41. The van der Waals surface area contributed by atoms with Crippen molar-refractivity contribution in [1.29, 1.82) is 0 Å². The summed E-state index contributed by atoms with van der Waals surface area (Å²) < 4.78 is 8.80. The Balaban J connectivity index is 4.52. The molecule has 0 amide bonds. The standard InChI is InChI=1S/C10H14O9/c1-2-18-5-8(14)19-7(13)4-10(17,9(15)16)3-6(11)12/h17H,2-5H2,1H3,(H,11,12)(H,15,16). The predicted octanol–water partition coefficient (Wildman–Crippen LogP) is -1.23. The molecule has 0 aliphatic rings. The van der Waals surface area contributed by atoms with Crippen LogP contribution >= 0.6 is 0 Å². The number of carbonyl (C=O) groups excluding carboxylic acids is 2. The first-order chi connectivity index (χ1) is 8.71. The molecule has 108 valence electrons. The van der Waals surface area contributed by atoms with Crippen LogP contribution in [0.4, 0.5) is 0 Å². The average molecular weight is 278 g/mol. The van der Waals surface area contributed by atoms with E-state index >= 15 is 0 Å². The third-order valence-electron chi connectivity index (χ3n) is 1.93. The second-order valence-corrected chi connectivity index (χ2v) is 3.57. The minimum atomic E-state index is -2.82. The van der Waals surface area contributed by atoms with E-state index in [1.165, 1.54) is 0 Å². The van der Waals surface area contributed by atoms with Crippen molar-refractivity contribution in [3.8, 4) is 0 Å². The zero-order valence-corrected chi connectivity index (χ0v) is 10.1. The molecule has 0 spiro atoms. The van der Waals surface area contributed by atoms with Crippen LogP contribution in [0.15, 0.2) is 0 Å². The van der Waals surface area contributed by atoms with Gasteiger partial charge in [-0.3, -0.25) is 9.59 Å². The van der Waals surface area contributed by atoms with Crippen molar-refractivity contribution in [2.45, 2.75) is 25.4 Å². The van der Waals surface area contributed by atoms with Crippen molar-refractivity contribution in [2.75, 3.05) is 13.2 Å². The van der Waals surface area contributed by atoms with Crippen LogP contribution in [0.5, 0.6) is 0 Å². The van der Waals surface area contributed by atoms with Gasteiger partial charge in [0.15, 0.2) is 5.60 Å². The zero-order valence-electron chi connectivity index (χ0n) is 10.1. The lowest BCUT2D eigenvalue weighted by Crippen LogP contribution is -2.43. The van der Waals surface area contributed by atoms with Gasteiger partial charge in [-0.1, -0.05) is 0 Å². The van der Waals surface area contributed by atoms with Gasteiger partial charge in [-0.15, -0.1) is 0 Å². The molecule has 0 rings (SSSR count). The van der Waals surface area contributed by atoms with Gasteiger partial charge in [0.05, 0.1) is 12.8 Å². The van der Waals surface area contributed by atoms with Gasteiger partial charge in [-0.25, -0.2) is 9.59 Å². The fourth-order valence-electron chi connectivity index (χ4n) is 1.08. The molecule has 0 heterocycles. The minimum Gasteiger partial charge on any atom is -0.481 e. The summed E-state index contributed by atoms with van der Waals surface area (Å²) in [6.45, 7) is 1.30. The molecular formula is C10H14O9. The Hall–Kier alpha value is -2.00. The summed E-state index contributed by atoms with van der Waals surface area (Å²) in [6.07, 6.45) is -2.36. The van der Waals surface area contributed by atoms with E-state index in [0.717, 1.165) is 0 Å². The number of carbonyl (C=O) groups is 4. The number of aliphatic hydroxyl groups is 1. The monoisotopic (exact) mass is 278 g/mol. The molecule has 0 saturated heterocycles. The second kappa shape index (κ2) is 7.44. The highest BCUT2D eigenvalue weighted by Crippen LogP contribution is 2.17. The number of ether oxygens (including phenoxy) is 2. The molecule has 0 aliphatic heterocycles. The number of carboxylic acid groups (broad SMARTS) is 2. The molecule has 0 bridgehead atoms. The van der Waals surface area contributed by atoms with Crippen molar-refractivity contribution >= 4 is 23.9 Å². The maximum absolute atomic E-state index is 11.2. The number of aliphatic carboxylic acids is 2. The summed E-state index contributed by atoms with van der Waals surface area (Å²) in [5.41, 5.74) is -2.82. The van der Waals surface area contributed by atoms with E-state index in [0.29, 0.717) is 0 Å². The maximum Gasteiger partial charge on any atom is 0.339 e. The summed E-state index contributed by atoms with van der Waals surface area (Å²) in [4.78, 5) is 43.3. The molecule has 1 unspecified atom stereocenters. The molecular weight excluding hydrogens is 264 g/mol. The normalized spacial score (nSPS) is 13.4. The second-order valence-electron chi connectivity index (χ2n) is 3.57. The first kappa shape index (κ1) is 17.0. The van der Waals surface area contributed by atoms with Gasteiger partial charge in [0.2, 0.25) is 0 Å². The van der Waals surface area contributed by atoms with Crippen LogP contribution in [0.3, 0.4) is 0 Å². The smallest absolute Gasteiger partial charge is 0.339 e. The van der Waals surface area contributed by atoms with Crippen molar-refractivity contribution in [3.05, 3.63) is 0 Å². The summed E-state index contributed by atoms with van der Waals surface area (Å²) >= 11 is 0. The fourth-order valence-corrected chi connectivity index (χ4v) is 1.08. The number of esters is 2. The van der Waals surface area contributed by atoms with Gasteiger partial charge in [0, 0.05) is 6.61 Å². The van der Waals surface area contributed by atoms with Crippen molar-refractivity contribution < 1.29 is 44.0 Å². The van der Waals surface area contributed by atoms with Crippen molar-refractivity contribution in [3.63, 3.8) is 0 Å². The van der Waals surface area contributed by atoms with Gasteiger partial charge in [0.1, 0.15) is 6.61 Å². The van der Waals surface area contributed by atoms with E-state index in [9.17, 15) is 24.3 Å². The Labute approximate surface area is 107 Å². The van der Waals surface area contributed by atoms with Crippen molar-refractivity contribution in [2.24, 2.45) is 0 Å². The Kier molecular flexibility index (Phi) is 6.66. The van der Waals surface area contributed by atoms with Crippen LogP contribution < -0.4 is 0 Å². The third-order valence-corrected chi connectivity index (χ3v) is 1.93. The van der Waals surface area contributed by atoms with E-state index in [1.807, 2.05) is 0 Å². The first-order valence-electron chi connectivity index (χ1n) is 5.20. The molecule has 0 fully saturated rings. The topological polar surface area (TPSA) is 147 Å². The molecule has 3 N–H and O–H groups in total. The van der Waals surface area contributed by atoms with Crippen LogP contribution in [0.2, 0.25) is 0 Å². The molecule has 1 atom stereocenters. The van der Waals surface area contributed by atoms with Crippen LogP contribution in [-0.4, -0.2) is 58.0 Å². The molecule has 0 aromatic heterocycles. The summed E-state index contributed by atoms with van der Waals surface area (Å²) in [5, 5.41) is 26.6. The third kappa shape index (κ3) is 6.48. The van der Waals surface area contributed by atoms with E-state index < -0.39 is 48.9 Å². The lowest BCUT2D eigenvalue weighted by atomic mass is 9.96. The lowest BCUT2D eigenvalue weighted by molar-refractivity contribution is -0.175. The summed E-state index contributed by atoms with van der Waals surface area (Å²) in [7, 11) is 0. The maximum atomic E-state index is 11.2. The number of hydrogen-bond acceptors (Lipinski definition) is 7. The van der Waals surface area contributed by atoms with Crippen LogP contribution in [0.25, 0.3) is 0 Å². The van der Waals surface area contributed by atoms with Crippen LogP contribution in [-0.2, 0) is 28.7 Å². The van der Waals surface area contributed by atoms with Crippen LogP contribution in [0.1, 0.15) is 19.8 Å². The Morgan fingerprint density at radius 2 is 1.63 bits per heavy atom. The highest BCUT2D eigenvalue weighted by atomic mass is 16.6. The Bertz CT molecular complexity index is 375. The van der Waals surface area contributed by atoms with Crippen molar-refractivity contribution in [1.82, 2.24) is 0 Å². The summed E-state index contributed by atoms with van der Waals surface area (Å²) in [5.74, 6) is -5.92. The summed E-state index contributed by atoms with van der Waals surface area (Å²) in [6, 6.07) is 0. The molecule has 0 aromatic rings. The lowest BCUT2D eigenvalue weighted by Gasteiger charge is -2.19. The molecule has 19 heavy (non-hydrogen) atoms. The Morgan fingerprint density at radius 1 is 1.05 bits per heavy atom. The number of rotatable bonds is 8. The van der Waals surface area contributed by atoms with Gasteiger partial charge in [-0.2, -0.15) is 0 Å². The SMILES string of the molecule is CCOCC(=O)OC(=O)CC(O)(CC(=O)O)C(=O)O. The molecule has 0 aliphatic carbocycles. The quantitative estimate of drug-likeness (QED) is 0.366. The van der Waals surface area contributed by atoms with Gasteiger partial charge in [-0.05, 0) is 6.92 Å².